The first-order valence-electron chi connectivity index (χ1n) is 5.12. The lowest BCUT2D eigenvalue weighted by atomic mass is 10.2. The van der Waals surface area contributed by atoms with E-state index in [1.165, 1.54) is 24.4 Å². The fraction of sp³-hybridized carbons (Fsp3) is 0. The van der Waals surface area contributed by atoms with Crippen molar-refractivity contribution in [1.82, 2.24) is 9.78 Å². The van der Waals surface area contributed by atoms with Crippen LogP contribution in [0, 0.1) is 10.1 Å². The van der Waals surface area contributed by atoms with Crippen molar-refractivity contribution in [3.05, 3.63) is 51.8 Å². The highest BCUT2D eigenvalue weighted by Crippen LogP contribution is 2.23. The third kappa shape index (κ3) is 2.32. The maximum Gasteiger partial charge on any atom is 0.295 e. The second kappa shape index (κ2) is 4.69. The summed E-state index contributed by atoms with van der Waals surface area (Å²) >= 11 is 0. The maximum atomic E-state index is 11.0. The van der Waals surface area contributed by atoms with Crippen LogP contribution in [-0.4, -0.2) is 26.9 Å². The molecule has 1 aromatic heterocycles. The van der Waals surface area contributed by atoms with Gasteiger partial charge in [0.2, 0.25) is 0 Å². The van der Waals surface area contributed by atoms with Gasteiger partial charge in [0.1, 0.15) is 17.7 Å². The number of nitro groups is 1. The lowest BCUT2D eigenvalue weighted by Crippen LogP contribution is -2.12. The number of hydrogen-bond donors (Lipinski definition) is 1. The number of carbonyl (C=O) groups is 2. The highest BCUT2D eigenvalue weighted by Gasteiger charge is 2.17. The van der Waals surface area contributed by atoms with E-state index in [2.05, 4.69) is 5.10 Å². The molecule has 0 saturated heterocycles. The number of aromatic nitrogens is 2. The number of nitro benzene ring substituents is 1. The van der Waals surface area contributed by atoms with Crippen LogP contribution in [-0.2, 0) is 0 Å². The van der Waals surface area contributed by atoms with Gasteiger partial charge in [-0.3, -0.25) is 19.7 Å². The SMILES string of the molecule is NC(=O)c1ccn(-c2ccc(C=O)cc2[N+](=O)[O-])n1. The summed E-state index contributed by atoms with van der Waals surface area (Å²) in [6.45, 7) is 0. The number of carbonyl (C=O) groups excluding carboxylic acids is 2. The van der Waals surface area contributed by atoms with Gasteiger partial charge in [0.15, 0.2) is 0 Å². The van der Waals surface area contributed by atoms with Gasteiger partial charge in [-0.15, -0.1) is 0 Å². The predicted octanol–water partition coefficient (Wildman–Crippen LogP) is 0.692. The van der Waals surface area contributed by atoms with E-state index >= 15 is 0 Å². The molecular formula is C11H8N4O4. The Morgan fingerprint density at radius 1 is 1.42 bits per heavy atom. The molecule has 96 valence electrons. The molecule has 0 aliphatic rings. The number of rotatable bonds is 4. The Kier molecular flexibility index (Phi) is 3.06. The molecule has 1 aromatic carbocycles. The molecule has 0 saturated carbocycles. The van der Waals surface area contributed by atoms with E-state index in [-0.39, 0.29) is 22.6 Å². The second-order valence-corrected chi connectivity index (χ2v) is 3.63. The summed E-state index contributed by atoms with van der Waals surface area (Å²) in [6, 6.07) is 5.27. The summed E-state index contributed by atoms with van der Waals surface area (Å²) in [6.07, 6.45) is 1.89. The fourth-order valence-electron chi connectivity index (χ4n) is 1.54. The van der Waals surface area contributed by atoms with Gasteiger partial charge in [0.25, 0.3) is 11.6 Å². The molecular weight excluding hydrogens is 252 g/mol. The molecule has 0 radical (unpaired) electrons. The molecule has 19 heavy (non-hydrogen) atoms. The van der Waals surface area contributed by atoms with Crippen LogP contribution in [0.5, 0.6) is 0 Å². The largest absolute Gasteiger partial charge is 0.364 e. The van der Waals surface area contributed by atoms with Crippen molar-refractivity contribution in [1.29, 1.82) is 0 Å². The Labute approximate surface area is 106 Å². The predicted molar refractivity (Wildman–Crippen MR) is 64.1 cm³/mol. The summed E-state index contributed by atoms with van der Waals surface area (Å²) in [7, 11) is 0. The van der Waals surface area contributed by atoms with Crippen molar-refractivity contribution in [3.63, 3.8) is 0 Å². The van der Waals surface area contributed by atoms with Crippen molar-refractivity contribution < 1.29 is 14.5 Å². The quantitative estimate of drug-likeness (QED) is 0.492. The van der Waals surface area contributed by atoms with E-state index < -0.39 is 10.8 Å². The lowest BCUT2D eigenvalue weighted by molar-refractivity contribution is -0.384. The van der Waals surface area contributed by atoms with Crippen LogP contribution in [0.1, 0.15) is 20.8 Å². The smallest absolute Gasteiger partial charge is 0.295 e. The Hall–Kier alpha value is -3.03. The Morgan fingerprint density at radius 3 is 2.68 bits per heavy atom. The number of primary amides is 1. The maximum absolute atomic E-state index is 11.0. The normalized spacial score (nSPS) is 10.1. The minimum absolute atomic E-state index is 0.00578. The van der Waals surface area contributed by atoms with Gasteiger partial charge >= 0.3 is 0 Å². The molecule has 0 atom stereocenters. The number of aldehydes is 1. The molecule has 0 aliphatic heterocycles. The molecule has 1 amide bonds. The molecule has 8 heteroatoms. The lowest BCUT2D eigenvalue weighted by Gasteiger charge is -2.03. The first-order chi connectivity index (χ1) is 9.02. The standard InChI is InChI=1S/C11H8N4O4/c12-11(17)8-3-4-14(13-8)9-2-1-7(6-16)5-10(9)15(18)19/h1-6H,(H2,12,17). The van der Waals surface area contributed by atoms with Gasteiger partial charge in [-0.1, -0.05) is 0 Å². The topological polar surface area (TPSA) is 121 Å². The number of hydrogen-bond acceptors (Lipinski definition) is 5. The molecule has 0 unspecified atom stereocenters. The van der Waals surface area contributed by atoms with Gasteiger partial charge in [-0.25, -0.2) is 4.68 Å². The summed E-state index contributed by atoms with van der Waals surface area (Å²) in [5, 5.41) is 14.8. The average Bonchev–Trinajstić information content (AvgIpc) is 2.87. The van der Waals surface area contributed by atoms with E-state index in [9.17, 15) is 19.7 Å². The van der Waals surface area contributed by atoms with Crippen LogP contribution < -0.4 is 5.73 Å². The van der Waals surface area contributed by atoms with Gasteiger partial charge in [0.05, 0.1) is 4.92 Å². The van der Waals surface area contributed by atoms with Crippen molar-refractivity contribution in [3.8, 4) is 5.69 Å². The van der Waals surface area contributed by atoms with E-state index in [0.717, 1.165) is 10.7 Å². The molecule has 0 spiro atoms. The minimum atomic E-state index is -0.731. The second-order valence-electron chi connectivity index (χ2n) is 3.63. The molecule has 0 bridgehead atoms. The van der Waals surface area contributed by atoms with E-state index in [4.69, 9.17) is 5.73 Å². The van der Waals surface area contributed by atoms with Gasteiger partial charge < -0.3 is 5.73 Å². The van der Waals surface area contributed by atoms with E-state index in [1.54, 1.807) is 0 Å². The van der Waals surface area contributed by atoms with Gasteiger partial charge in [-0.05, 0) is 18.2 Å². The van der Waals surface area contributed by atoms with Crippen LogP contribution in [0.25, 0.3) is 5.69 Å². The third-order valence-corrected chi connectivity index (χ3v) is 2.42. The molecule has 2 N–H and O–H groups in total. The molecule has 0 aliphatic carbocycles. The zero-order valence-corrected chi connectivity index (χ0v) is 9.52. The fourth-order valence-corrected chi connectivity index (χ4v) is 1.54. The molecule has 2 rings (SSSR count). The molecule has 8 nitrogen and oxygen atoms in total. The van der Waals surface area contributed by atoms with Crippen molar-refractivity contribution in [2.45, 2.75) is 0 Å². The zero-order valence-electron chi connectivity index (χ0n) is 9.52. The summed E-state index contributed by atoms with van der Waals surface area (Å²) in [4.78, 5) is 31.9. The highest BCUT2D eigenvalue weighted by atomic mass is 16.6. The summed E-state index contributed by atoms with van der Waals surface area (Å²) in [5.74, 6) is -0.731. The van der Waals surface area contributed by atoms with Crippen LogP contribution in [0.3, 0.4) is 0 Å². The first kappa shape index (κ1) is 12.4. The first-order valence-corrected chi connectivity index (χ1v) is 5.12. The van der Waals surface area contributed by atoms with Crippen LogP contribution in [0.2, 0.25) is 0 Å². The van der Waals surface area contributed by atoms with Crippen LogP contribution >= 0.6 is 0 Å². The van der Waals surface area contributed by atoms with Gasteiger partial charge in [0, 0.05) is 17.8 Å². The number of benzene rings is 1. The Morgan fingerprint density at radius 2 is 2.16 bits per heavy atom. The summed E-state index contributed by atoms with van der Waals surface area (Å²) < 4.78 is 1.16. The number of nitrogens with two attached hydrogens (primary N) is 1. The average molecular weight is 260 g/mol. The number of nitrogens with zero attached hydrogens (tertiary/aromatic N) is 3. The van der Waals surface area contributed by atoms with Gasteiger partial charge in [-0.2, -0.15) is 5.10 Å². The Bertz CT molecular complexity index is 677. The minimum Gasteiger partial charge on any atom is -0.364 e. The number of amides is 1. The zero-order chi connectivity index (χ0) is 14.0. The Balaban J connectivity index is 2.57. The molecule has 2 aromatic rings. The highest BCUT2D eigenvalue weighted by molar-refractivity contribution is 5.90. The van der Waals surface area contributed by atoms with Crippen molar-refractivity contribution in [2.24, 2.45) is 5.73 Å². The van der Waals surface area contributed by atoms with Crippen molar-refractivity contribution in [2.75, 3.05) is 0 Å². The molecule has 0 fully saturated rings. The van der Waals surface area contributed by atoms with Crippen molar-refractivity contribution >= 4 is 17.9 Å². The van der Waals surface area contributed by atoms with E-state index in [1.807, 2.05) is 0 Å². The monoisotopic (exact) mass is 260 g/mol. The van der Waals surface area contributed by atoms with E-state index in [0.29, 0.717) is 6.29 Å². The van der Waals surface area contributed by atoms with Crippen LogP contribution in [0.4, 0.5) is 5.69 Å². The van der Waals surface area contributed by atoms with Crippen LogP contribution in [0.15, 0.2) is 30.5 Å². The summed E-state index contributed by atoms with van der Waals surface area (Å²) in [5.41, 5.74) is 5.08. The third-order valence-electron chi connectivity index (χ3n) is 2.42. The molecule has 1 heterocycles.